The Morgan fingerprint density at radius 1 is 1.17 bits per heavy atom. The van der Waals surface area contributed by atoms with Crippen LogP contribution in [0.1, 0.15) is 42.2 Å². The molecule has 0 saturated heterocycles. The number of rotatable bonds is 7. The Hall–Kier alpha value is -4.54. The van der Waals surface area contributed by atoms with Gasteiger partial charge in [0.1, 0.15) is 17.0 Å². The minimum Gasteiger partial charge on any atom is -0.478 e. The molecule has 0 aliphatic rings. The fraction of sp³-hybridized carbons (Fsp3) is 0.250. The molecule has 0 spiro atoms. The molecule has 1 aromatic carbocycles. The van der Waals surface area contributed by atoms with Crippen molar-refractivity contribution in [2.75, 3.05) is 11.1 Å². The minimum atomic E-state index is -1.10. The molecule has 1 unspecified atom stereocenters. The van der Waals surface area contributed by atoms with Gasteiger partial charge in [-0.05, 0) is 38.5 Å². The maximum atomic E-state index is 13.7. The van der Waals surface area contributed by atoms with Gasteiger partial charge in [-0.1, -0.05) is 25.1 Å². The van der Waals surface area contributed by atoms with E-state index in [4.69, 9.17) is 15.8 Å². The smallest absolute Gasteiger partial charge is 0.328 e. The number of aryl methyl sites for hydroxylation is 3. The summed E-state index contributed by atoms with van der Waals surface area (Å²) in [6.07, 6.45) is 2.96. The van der Waals surface area contributed by atoms with Gasteiger partial charge in [-0.2, -0.15) is 10.1 Å². The number of carbonyl (C=O) groups is 1. The van der Waals surface area contributed by atoms with E-state index in [1.54, 1.807) is 30.1 Å². The first-order chi connectivity index (χ1) is 16.7. The Labute approximate surface area is 201 Å². The molecule has 3 aromatic heterocycles. The first kappa shape index (κ1) is 23.6. The zero-order chi connectivity index (χ0) is 25.3. The lowest BCUT2D eigenvalue weighted by Gasteiger charge is -2.23. The first-order valence-corrected chi connectivity index (χ1v) is 11.0. The molecule has 11 heteroatoms. The van der Waals surface area contributed by atoms with Crippen LogP contribution in [0.3, 0.4) is 0 Å². The lowest BCUT2D eigenvalue weighted by atomic mass is 10.1. The summed E-state index contributed by atoms with van der Waals surface area (Å²) in [5, 5.41) is 17.3. The van der Waals surface area contributed by atoms with Gasteiger partial charge in [0, 0.05) is 18.7 Å². The second-order valence-electron chi connectivity index (χ2n) is 8.06. The molecule has 35 heavy (non-hydrogen) atoms. The van der Waals surface area contributed by atoms with Gasteiger partial charge in [0.15, 0.2) is 5.65 Å². The number of aliphatic carboxylic acids is 1. The van der Waals surface area contributed by atoms with E-state index in [1.807, 2.05) is 37.3 Å². The van der Waals surface area contributed by atoms with Crippen LogP contribution in [0.2, 0.25) is 0 Å². The number of nitrogens with zero attached hydrogens (tertiary/aromatic N) is 6. The van der Waals surface area contributed by atoms with Gasteiger partial charge in [0.2, 0.25) is 5.95 Å². The Bertz CT molecular complexity index is 1510. The van der Waals surface area contributed by atoms with E-state index in [0.717, 1.165) is 6.08 Å². The predicted molar refractivity (Wildman–Crippen MR) is 133 cm³/mol. The molecule has 0 radical (unpaired) electrons. The minimum absolute atomic E-state index is 0.0402. The van der Waals surface area contributed by atoms with Crippen molar-refractivity contribution in [3.63, 3.8) is 0 Å². The summed E-state index contributed by atoms with van der Waals surface area (Å²) in [6, 6.07) is 8.77. The maximum Gasteiger partial charge on any atom is 0.328 e. The van der Waals surface area contributed by atoms with Crippen LogP contribution >= 0.6 is 0 Å². The number of anilines is 2. The quantitative estimate of drug-likeness (QED) is 0.343. The molecule has 4 N–H and O–H groups in total. The summed E-state index contributed by atoms with van der Waals surface area (Å²) in [4.78, 5) is 38.2. The third-order valence-electron chi connectivity index (χ3n) is 5.65. The number of benzene rings is 1. The average Bonchev–Trinajstić information content (AvgIpc) is 3.10. The van der Waals surface area contributed by atoms with Crippen LogP contribution in [0.25, 0.3) is 22.8 Å². The van der Waals surface area contributed by atoms with Crippen molar-refractivity contribution in [2.24, 2.45) is 7.05 Å². The molecular weight excluding hydrogens is 448 g/mol. The zero-order valence-electron chi connectivity index (χ0n) is 19.9. The van der Waals surface area contributed by atoms with Gasteiger partial charge < -0.3 is 16.2 Å². The van der Waals surface area contributed by atoms with Crippen molar-refractivity contribution in [3.05, 3.63) is 69.5 Å². The summed E-state index contributed by atoms with van der Waals surface area (Å²) in [5.74, 6) is -0.258. The molecule has 0 fully saturated rings. The third-order valence-corrected chi connectivity index (χ3v) is 5.65. The van der Waals surface area contributed by atoms with Crippen molar-refractivity contribution in [1.29, 1.82) is 0 Å². The number of nitrogen functional groups attached to an aromatic ring is 1. The number of nitrogens with one attached hydrogen (secondary N) is 1. The van der Waals surface area contributed by atoms with E-state index >= 15 is 0 Å². The number of carboxylic acid groups (broad SMARTS) is 1. The van der Waals surface area contributed by atoms with E-state index < -0.39 is 12.0 Å². The summed E-state index contributed by atoms with van der Waals surface area (Å²) in [7, 11) is 1.75. The fourth-order valence-corrected chi connectivity index (χ4v) is 4.04. The summed E-state index contributed by atoms with van der Waals surface area (Å²) >= 11 is 0. The molecular formula is C24H26N8O3. The highest BCUT2D eigenvalue weighted by molar-refractivity contribution is 5.87. The van der Waals surface area contributed by atoms with Crippen molar-refractivity contribution >= 4 is 34.8 Å². The molecule has 180 valence electrons. The highest BCUT2D eigenvalue weighted by Crippen LogP contribution is 2.27. The number of carboxylic acids is 1. The standard InChI is InChI=1S/C24H26N8O3/c1-5-17(27-20-16(11-12-18(33)34)13(2)26-24(25)28-20)21-29-22-19(14(3)30-31(22)4)23(35)32(21)15-9-7-6-8-10-15/h6-12,17H,5H2,1-4H3,(H,33,34)(H3,25,26,27,28)/b12-11+. The normalized spacial score (nSPS) is 12.3. The number of hydrogen-bond donors (Lipinski definition) is 3. The Kier molecular flexibility index (Phi) is 6.32. The van der Waals surface area contributed by atoms with Crippen LogP contribution in [-0.2, 0) is 11.8 Å². The summed E-state index contributed by atoms with van der Waals surface area (Å²) in [6.45, 7) is 5.44. The number of nitrogens with two attached hydrogens (primary N) is 1. The first-order valence-electron chi connectivity index (χ1n) is 11.0. The summed E-state index contributed by atoms with van der Waals surface area (Å²) in [5.41, 5.74) is 8.39. The second-order valence-corrected chi connectivity index (χ2v) is 8.06. The summed E-state index contributed by atoms with van der Waals surface area (Å²) < 4.78 is 3.16. The van der Waals surface area contributed by atoms with Crippen LogP contribution in [0.5, 0.6) is 0 Å². The largest absolute Gasteiger partial charge is 0.478 e. The van der Waals surface area contributed by atoms with Crippen LogP contribution in [0, 0.1) is 13.8 Å². The van der Waals surface area contributed by atoms with Gasteiger partial charge in [0.25, 0.3) is 5.56 Å². The molecule has 4 aromatic rings. The van der Waals surface area contributed by atoms with E-state index in [-0.39, 0.29) is 11.5 Å². The van der Waals surface area contributed by atoms with Gasteiger partial charge in [-0.3, -0.25) is 9.36 Å². The van der Waals surface area contributed by atoms with Gasteiger partial charge in [-0.25, -0.2) is 19.4 Å². The predicted octanol–water partition coefficient (Wildman–Crippen LogP) is 2.77. The second kappa shape index (κ2) is 9.37. The highest BCUT2D eigenvalue weighted by Gasteiger charge is 2.24. The number of aromatic nitrogens is 6. The molecule has 0 aliphatic heterocycles. The Balaban J connectivity index is 1.94. The Morgan fingerprint density at radius 2 is 1.89 bits per heavy atom. The molecule has 11 nitrogen and oxygen atoms in total. The van der Waals surface area contributed by atoms with Crippen molar-refractivity contribution in [1.82, 2.24) is 29.3 Å². The lowest BCUT2D eigenvalue weighted by Crippen LogP contribution is -2.28. The van der Waals surface area contributed by atoms with Crippen molar-refractivity contribution in [2.45, 2.75) is 33.2 Å². The molecule has 4 rings (SSSR count). The van der Waals surface area contributed by atoms with Crippen LogP contribution in [-0.4, -0.2) is 40.4 Å². The topological polar surface area (TPSA) is 154 Å². The highest BCUT2D eigenvalue weighted by atomic mass is 16.4. The van der Waals surface area contributed by atoms with Gasteiger partial charge in [0.05, 0.1) is 23.1 Å². The zero-order valence-corrected chi connectivity index (χ0v) is 19.9. The Morgan fingerprint density at radius 3 is 2.54 bits per heavy atom. The average molecular weight is 475 g/mol. The number of fused-ring (bicyclic) bond motifs is 1. The number of hydrogen-bond acceptors (Lipinski definition) is 8. The molecule has 0 aliphatic carbocycles. The van der Waals surface area contributed by atoms with Crippen LogP contribution in [0.15, 0.2) is 41.2 Å². The van der Waals surface area contributed by atoms with Crippen LogP contribution < -0.4 is 16.6 Å². The van der Waals surface area contributed by atoms with Crippen LogP contribution in [0.4, 0.5) is 11.8 Å². The van der Waals surface area contributed by atoms with E-state index in [2.05, 4.69) is 20.4 Å². The lowest BCUT2D eigenvalue weighted by molar-refractivity contribution is -0.131. The number of para-hydroxylation sites is 1. The molecule has 0 saturated carbocycles. The van der Waals surface area contributed by atoms with E-state index in [9.17, 15) is 9.59 Å². The van der Waals surface area contributed by atoms with Gasteiger partial charge >= 0.3 is 5.97 Å². The monoisotopic (exact) mass is 474 g/mol. The van der Waals surface area contributed by atoms with Crippen molar-refractivity contribution in [3.8, 4) is 5.69 Å². The molecule has 0 bridgehead atoms. The molecule has 3 heterocycles. The van der Waals surface area contributed by atoms with Gasteiger partial charge in [-0.15, -0.1) is 0 Å². The van der Waals surface area contributed by atoms with E-state index in [1.165, 1.54) is 6.08 Å². The fourth-order valence-electron chi connectivity index (χ4n) is 4.04. The molecule has 0 amide bonds. The maximum absolute atomic E-state index is 13.7. The molecule has 1 atom stereocenters. The van der Waals surface area contributed by atoms with Crippen molar-refractivity contribution < 1.29 is 9.90 Å². The third kappa shape index (κ3) is 4.47. The SMILES string of the molecule is CCC(Nc1nc(N)nc(C)c1/C=C/C(=O)O)c1nc2c(c(C)nn2C)c(=O)n1-c1ccccc1. The van der Waals surface area contributed by atoms with E-state index in [0.29, 0.717) is 51.7 Å².